The van der Waals surface area contributed by atoms with E-state index in [1.165, 1.54) is 16.7 Å². The Morgan fingerprint density at radius 3 is 0.677 bits per heavy atom. The molecule has 0 radical (unpaired) electrons. The van der Waals surface area contributed by atoms with Crippen molar-refractivity contribution in [3.05, 3.63) is 284 Å². The van der Waals surface area contributed by atoms with E-state index in [-0.39, 0.29) is 0 Å². The minimum atomic E-state index is 1.06. The highest BCUT2D eigenvalue weighted by Crippen LogP contribution is 2.41. The van der Waals surface area contributed by atoms with Crippen LogP contribution in [-0.4, -0.2) is 0 Å². The molecule has 0 aliphatic heterocycles. The van der Waals surface area contributed by atoms with E-state index in [4.69, 9.17) is 0 Å². The van der Waals surface area contributed by atoms with Crippen molar-refractivity contribution in [2.75, 3.05) is 14.7 Å². The lowest BCUT2D eigenvalue weighted by Crippen LogP contribution is -2.12. The van der Waals surface area contributed by atoms with E-state index in [1.54, 1.807) is 0 Å². The van der Waals surface area contributed by atoms with Gasteiger partial charge in [0.1, 0.15) is 0 Å². The molecule has 0 N–H and O–H groups in total. The summed E-state index contributed by atoms with van der Waals surface area (Å²) in [7, 11) is 0. The molecular formula is C62H47N3. The van der Waals surface area contributed by atoms with Crippen LogP contribution in [0.5, 0.6) is 0 Å². The van der Waals surface area contributed by atoms with Gasteiger partial charge in [0.2, 0.25) is 0 Å². The van der Waals surface area contributed by atoms with Crippen molar-refractivity contribution in [1.82, 2.24) is 0 Å². The zero-order valence-electron chi connectivity index (χ0n) is 36.0. The first-order valence-corrected chi connectivity index (χ1v) is 22.1. The summed E-state index contributed by atoms with van der Waals surface area (Å²) in [4.78, 5) is 6.94. The Hall–Kier alpha value is -8.66. The van der Waals surface area contributed by atoms with E-state index < -0.39 is 0 Å². The number of para-hydroxylation sites is 3. The first-order chi connectivity index (χ1) is 32.2. The lowest BCUT2D eigenvalue weighted by molar-refractivity contribution is 1.25. The summed E-state index contributed by atoms with van der Waals surface area (Å²) in [5, 5.41) is 0. The van der Waals surface area contributed by atoms with Crippen molar-refractivity contribution in [3.8, 4) is 22.3 Å². The number of anilines is 9. The molecule has 0 aliphatic rings. The van der Waals surface area contributed by atoms with Gasteiger partial charge in [-0.3, -0.25) is 0 Å². The molecule has 0 atom stereocenters. The van der Waals surface area contributed by atoms with Crippen LogP contribution >= 0.6 is 0 Å². The minimum Gasteiger partial charge on any atom is -0.311 e. The molecule has 10 rings (SSSR count). The average Bonchev–Trinajstić information content (AvgIpc) is 3.39. The van der Waals surface area contributed by atoms with Gasteiger partial charge >= 0.3 is 0 Å². The molecular weight excluding hydrogens is 787 g/mol. The zero-order valence-corrected chi connectivity index (χ0v) is 36.0. The second kappa shape index (κ2) is 19.2. The molecule has 0 heterocycles. The van der Waals surface area contributed by atoms with Crippen molar-refractivity contribution in [2.45, 2.75) is 0 Å². The van der Waals surface area contributed by atoms with Crippen molar-refractivity contribution >= 4 is 63.3 Å². The fraction of sp³-hybridized carbons (Fsp3) is 0. The molecule has 0 spiro atoms. The number of hydrogen-bond acceptors (Lipinski definition) is 3. The molecule has 0 aliphatic carbocycles. The van der Waals surface area contributed by atoms with Gasteiger partial charge in [-0.15, -0.1) is 0 Å². The molecule has 0 fully saturated rings. The molecule has 10 aromatic rings. The number of rotatable bonds is 13. The molecule has 10 aromatic carbocycles. The Morgan fingerprint density at radius 2 is 0.369 bits per heavy atom. The highest BCUT2D eigenvalue weighted by atomic mass is 15.2. The van der Waals surface area contributed by atoms with Crippen LogP contribution in [0.2, 0.25) is 0 Å². The third-order valence-corrected chi connectivity index (χ3v) is 11.6. The van der Waals surface area contributed by atoms with Gasteiger partial charge in [0.05, 0.1) is 0 Å². The standard InChI is InChI=1S/C62H47N3/c1-6-16-48(17-7-1)26-27-49-28-36-57(37-29-49)65(60-42-34-53(35-43-60)52-32-40-58(41-33-52)63(54-20-10-3-11-21-54)55-22-12-4-13-23-55)62-46-44-61(45-47-62)64(56-24-14-5-15-25-56)59-38-30-51(31-39-59)50-18-8-2-9-19-50/h1-47H. The molecule has 3 heteroatoms. The van der Waals surface area contributed by atoms with Crippen molar-refractivity contribution in [3.63, 3.8) is 0 Å². The van der Waals surface area contributed by atoms with E-state index in [0.717, 1.165) is 67.9 Å². The summed E-state index contributed by atoms with van der Waals surface area (Å²) in [6, 6.07) is 96.9. The number of benzene rings is 10. The molecule has 65 heavy (non-hydrogen) atoms. The minimum absolute atomic E-state index is 1.06. The summed E-state index contributed by atoms with van der Waals surface area (Å²) < 4.78 is 0. The van der Waals surface area contributed by atoms with E-state index >= 15 is 0 Å². The maximum atomic E-state index is 2.33. The van der Waals surface area contributed by atoms with Crippen LogP contribution in [0, 0.1) is 0 Å². The largest absolute Gasteiger partial charge is 0.311 e. The van der Waals surface area contributed by atoms with Gasteiger partial charge < -0.3 is 14.7 Å². The van der Waals surface area contributed by atoms with Crippen molar-refractivity contribution in [2.24, 2.45) is 0 Å². The summed E-state index contributed by atoms with van der Waals surface area (Å²) in [6.45, 7) is 0. The Bertz CT molecular complexity index is 3020. The fourth-order valence-electron chi connectivity index (χ4n) is 8.35. The summed E-state index contributed by atoms with van der Waals surface area (Å²) in [5.41, 5.74) is 16.8. The lowest BCUT2D eigenvalue weighted by Gasteiger charge is -2.28. The fourth-order valence-corrected chi connectivity index (χ4v) is 8.35. The lowest BCUT2D eigenvalue weighted by atomic mass is 10.0. The second-order valence-electron chi connectivity index (χ2n) is 15.9. The molecule has 310 valence electrons. The van der Waals surface area contributed by atoms with E-state index in [9.17, 15) is 0 Å². The quantitative estimate of drug-likeness (QED) is 0.107. The average molecular weight is 834 g/mol. The molecule has 0 unspecified atom stereocenters. The second-order valence-corrected chi connectivity index (χ2v) is 15.9. The Balaban J connectivity index is 0.973. The third-order valence-electron chi connectivity index (χ3n) is 11.6. The Morgan fingerprint density at radius 1 is 0.169 bits per heavy atom. The van der Waals surface area contributed by atoms with E-state index in [0.29, 0.717) is 0 Å². The third kappa shape index (κ3) is 9.27. The first kappa shape index (κ1) is 40.4. The summed E-state index contributed by atoms with van der Waals surface area (Å²) in [5.74, 6) is 0. The number of nitrogens with zero attached hydrogens (tertiary/aromatic N) is 3. The van der Waals surface area contributed by atoms with E-state index in [1.807, 2.05) is 6.07 Å². The molecule has 0 aromatic heterocycles. The van der Waals surface area contributed by atoms with Gasteiger partial charge in [-0.2, -0.15) is 0 Å². The van der Waals surface area contributed by atoms with E-state index in [2.05, 4.69) is 294 Å². The van der Waals surface area contributed by atoms with Crippen LogP contribution in [0.4, 0.5) is 51.2 Å². The molecule has 0 saturated carbocycles. The SMILES string of the molecule is C(=Cc1ccc(N(c2ccc(-c3ccc(N(c4ccccc4)c4ccccc4)cc3)cc2)c2ccc(N(c3ccccc3)c3ccc(-c4ccccc4)cc3)cc2)cc1)c1ccccc1. The van der Waals surface area contributed by atoms with Gasteiger partial charge in [0.15, 0.2) is 0 Å². The molecule has 3 nitrogen and oxygen atoms in total. The smallest absolute Gasteiger partial charge is 0.0463 e. The Labute approximate surface area is 382 Å². The van der Waals surface area contributed by atoms with Gasteiger partial charge in [-0.05, 0) is 143 Å². The molecule has 0 saturated heterocycles. The normalized spacial score (nSPS) is 11.0. The van der Waals surface area contributed by atoms with Gasteiger partial charge in [-0.25, -0.2) is 0 Å². The maximum absolute atomic E-state index is 2.33. The maximum Gasteiger partial charge on any atom is 0.0463 e. The van der Waals surface area contributed by atoms with Crippen molar-refractivity contribution in [1.29, 1.82) is 0 Å². The first-order valence-electron chi connectivity index (χ1n) is 22.1. The monoisotopic (exact) mass is 833 g/mol. The summed E-state index contributed by atoms with van der Waals surface area (Å²) in [6.07, 6.45) is 4.33. The van der Waals surface area contributed by atoms with Crippen LogP contribution < -0.4 is 14.7 Å². The van der Waals surface area contributed by atoms with Crippen LogP contribution in [0.25, 0.3) is 34.4 Å². The van der Waals surface area contributed by atoms with Crippen molar-refractivity contribution < 1.29 is 0 Å². The molecule has 0 bridgehead atoms. The number of hydrogen-bond donors (Lipinski definition) is 0. The highest BCUT2D eigenvalue weighted by Gasteiger charge is 2.17. The predicted octanol–water partition coefficient (Wildman–Crippen LogP) is 17.6. The Kier molecular flexibility index (Phi) is 11.9. The van der Waals surface area contributed by atoms with Crippen LogP contribution in [0.15, 0.2) is 273 Å². The molecule has 0 amide bonds. The predicted molar refractivity (Wildman–Crippen MR) is 277 cm³/mol. The van der Waals surface area contributed by atoms with Gasteiger partial charge in [0.25, 0.3) is 0 Å². The van der Waals surface area contributed by atoms with Crippen LogP contribution in [0.1, 0.15) is 11.1 Å². The highest BCUT2D eigenvalue weighted by molar-refractivity contribution is 5.84. The van der Waals surface area contributed by atoms with Gasteiger partial charge in [-0.1, -0.05) is 176 Å². The van der Waals surface area contributed by atoms with Crippen LogP contribution in [0.3, 0.4) is 0 Å². The topological polar surface area (TPSA) is 9.72 Å². The van der Waals surface area contributed by atoms with Crippen LogP contribution in [-0.2, 0) is 0 Å². The van der Waals surface area contributed by atoms with Gasteiger partial charge in [0, 0.05) is 51.2 Å². The zero-order chi connectivity index (χ0) is 43.6. The summed E-state index contributed by atoms with van der Waals surface area (Å²) >= 11 is 0.